The Morgan fingerprint density at radius 1 is 0.760 bits per heavy atom. The molecule has 0 fully saturated rings. The van der Waals surface area contributed by atoms with Crippen LogP contribution >= 0.6 is 45.2 Å². The fourth-order valence-electron chi connectivity index (χ4n) is 2.88. The molecule has 5 heteroatoms. The van der Waals surface area contributed by atoms with Gasteiger partial charge < -0.3 is 4.55 Å². The Hall–Kier alpha value is -1.03. The van der Waals surface area contributed by atoms with Crippen LogP contribution in [-0.2, 0) is 10.1 Å². The summed E-state index contributed by atoms with van der Waals surface area (Å²) >= 11 is 4.46. The van der Waals surface area contributed by atoms with Crippen molar-refractivity contribution in [3.8, 4) is 0 Å². The molecule has 3 aromatic carbocycles. The van der Waals surface area contributed by atoms with E-state index < -0.39 is 10.1 Å². The van der Waals surface area contributed by atoms with Crippen LogP contribution in [0.4, 0.5) is 5.69 Å². The number of benzene rings is 3. The largest absolute Gasteiger partial charge is 0.621 e. The number of nitrogens with zero attached hydrogens (tertiary/aromatic N) is 1. The maximum atomic E-state index is 14.1. The highest BCUT2D eigenvalue weighted by Crippen LogP contribution is 2.49. The van der Waals surface area contributed by atoms with Crippen LogP contribution in [0.5, 0.6) is 0 Å². The second-order valence-corrected chi connectivity index (χ2v) is 10.6. The molecule has 124 valence electrons. The monoisotopic (exact) mass is 569 g/mol. The second kappa shape index (κ2) is 6.94. The van der Waals surface area contributed by atoms with E-state index >= 15 is 0 Å². The molecule has 25 heavy (non-hydrogen) atoms. The predicted molar refractivity (Wildman–Crippen MR) is 121 cm³/mol. The number of fused-ring (bicyclic) bond motifs is 1. The molecule has 4 rings (SSSR count). The van der Waals surface area contributed by atoms with Crippen molar-refractivity contribution in [3.05, 3.63) is 96.5 Å². The van der Waals surface area contributed by atoms with E-state index in [-0.39, 0.29) is 0 Å². The highest BCUT2D eigenvalue weighted by molar-refractivity contribution is 14.1. The fourth-order valence-corrected chi connectivity index (χ4v) is 7.68. The molecular weight excluding hydrogens is 556 g/mol. The standard InChI is InChI=1S/C20H13I2NOS/c21-16-11-5-7-13-18(16)25(24)20(22)19(14-8-2-1-3-9-14)15-10-4-6-12-17(15)23-25/h1-13H. The van der Waals surface area contributed by atoms with Crippen LogP contribution in [0.15, 0.2) is 91.0 Å². The lowest BCUT2D eigenvalue weighted by atomic mass is 9.98. The van der Waals surface area contributed by atoms with Gasteiger partial charge in [0.15, 0.2) is 7.81 Å². The zero-order chi connectivity index (χ0) is 17.4. The van der Waals surface area contributed by atoms with Crippen LogP contribution in [0, 0.1) is 3.57 Å². The van der Waals surface area contributed by atoms with E-state index in [1.165, 1.54) is 0 Å². The number of hydrogen-bond donors (Lipinski definition) is 0. The lowest BCUT2D eigenvalue weighted by Crippen LogP contribution is -2.17. The quantitative estimate of drug-likeness (QED) is 0.253. The van der Waals surface area contributed by atoms with Crippen molar-refractivity contribution < 1.29 is 4.55 Å². The second-order valence-electron chi connectivity index (χ2n) is 5.58. The molecule has 0 radical (unpaired) electrons. The van der Waals surface area contributed by atoms with Crippen LogP contribution in [-0.4, -0.2) is 4.55 Å². The summed E-state index contributed by atoms with van der Waals surface area (Å²) in [5.41, 5.74) is 3.89. The van der Waals surface area contributed by atoms with E-state index in [1.54, 1.807) is 0 Å². The molecule has 0 aromatic heterocycles. The molecule has 0 saturated carbocycles. The number of rotatable bonds is 2. The van der Waals surface area contributed by atoms with Crippen molar-refractivity contribution in [2.24, 2.45) is 4.36 Å². The van der Waals surface area contributed by atoms with Gasteiger partial charge in [-0.25, -0.2) is 0 Å². The average molecular weight is 569 g/mol. The summed E-state index contributed by atoms with van der Waals surface area (Å²) in [7, 11) is -2.71. The minimum atomic E-state index is -2.71. The number of halogens is 2. The van der Waals surface area contributed by atoms with Gasteiger partial charge in [0.05, 0.1) is 9.14 Å². The predicted octanol–water partition coefficient (Wildman–Crippen LogP) is 6.62. The Balaban J connectivity index is 2.09. The van der Waals surface area contributed by atoms with Crippen molar-refractivity contribution in [1.82, 2.24) is 0 Å². The topological polar surface area (TPSA) is 35.4 Å². The molecule has 0 amide bonds. The normalized spacial score (nSPS) is 19.3. The molecule has 0 saturated heterocycles. The van der Waals surface area contributed by atoms with Gasteiger partial charge in [-0.3, -0.25) is 0 Å². The fraction of sp³-hybridized carbons (Fsp3) is 0. The molecular formula is C20H13I2NOS. The molecule has 0 bridgehead atoms. The molecule has 1 heterocycles. The van der Waals surface area contributed by atoms with Crippen LogP contribution < -0.4 is 0 Å². The summed E-state index contributed by atoms with van der Waals surface area (Å²) in [5, 5.41) is 0. The number of hydrogen-bond acceptors (Lipinski definition) is 2. The van der Waals surface area contributed by atoms with Crippen molar-refractivity contribution >= 4 is 66.5 Å². The Kier molecular flexibility index (Phi) is 4.83. The minimum Gasteiger partial charge on any atom is -0.621 e. The van der Waals surface area contributed by atoms with E-state index in [4.69, 9.17) is 4.36 Å². The SMILES string of the molecule is [O-][S+]1(c2ccccc2I)=Nc2ccccc2C(c2ccccc2)=C1I. The lowest BCUT2D eigenvalue weighted by molar-refractivity contribution is 0.592. The zero-order valence-corrected chi connectivity index (χ0v) is 18.2. The van der Waals surface area contributed by atoms with E-state index in [1.807, 2.05) is 60.7 Å². The summed E-state index contributed by atoms with van der Waals surface area (Å²) in [6.45, 7) is 0. The van der Waals surface area contributed by atoms with Crippen molar-refractivity contribution in [1.29, 1.82) is 0 Å². The first kappa shape index (κ1) is 17.4. The summed E-state index contributed by atoms with van der Waals surface area (Å²) in [4.78, 5) is 0.780. The first-order chi connectivity index (χ1) is 12.1. The first-order valence-electron chi connectivity index (χ1n) is 7.67. The van der Waals surface area contributed by atoms with Crippen molar-refractivity contribution in [2.75, 3.05) is 0 Å². The highest BCUT2D eigenvalue weighted by Gasteiger charge is 2.34. The average Bonchev–Trinajstić information content (AvgIpc) is 2.64. The third-order valence-electron chi connectivity index (χ3n) is 4.04. The van der Waals surface area contributed by atoms with Gasteiger partial charge in [0.1, 0.15) is 5.69 Å². The van der Waals surface area contributed by atoms with Gasteiger partial charge in [0, 0.05) is 38.3 Å². The Labute approximate surface area is 175 Å². The highest BCUT2D eigenvalue weighted by atomic mass is 127. The van der Waals surface area contributed by atoms with E-state index in [2.05, 4.69) is 63.4 Å². The van der Waals surface area contributed by atoms with Gasteiger partial charge in [-0.1, -0.05) is 65.0 Å². The molecule has 1 aliphatic heterocycles. The Morgan fingerprint density at radius 2 is 1.40 bits per heavy atom. The van der Waals surface area contributed by atoms with Crippen LogP contribution in [0.25, 0.3) is 5.57 Å². The lowest BCUT2D eigenvalue weighted by Gasteiger charge is -2.28. The van der Waals surface area contributed by atoms with Gasteiger partial charge >= 0.3 is 0 Å². The smallest absolute Gasteiger partial charge is 0.186 e. The maximum Gasteiger partial charge on any atom is 0.186 e. The molecule has 1 unspecified atom stereocenters. The van der Waals surface area contributed by atoms with E-state index in [0.29, 0.717) is 0 Å². The molecule has 1 atom stereocenters. The summed E-state index contributed by atoms with van der Waals surface area (Å²) in [6.07, 6.45) is 0. The van der Waals surface area contributed by atoms with Gasteiger partial charge in [-0.2, -0.15) is 0 Å². The van der Waals surface area contributed by atoms with Crippen molar-refractivity contribution in [2.45, 2.75) is 4.90 Å². The van der Waals surface area contributed by atoms with E-state index in [0.717, 1.165) is 33.8 Å². The zero-order valence-electron chi connectivity index (χ0n) is 13.0. The molecule has 0 aliphatic carbocycles. The maximum absolute atomic E-state index is 14.1. The Morgan fingerprint density at radius 3 is 2.16 bits per heavy atom. The Bertz CT molecular complexity index is 1040. The summed E-state index contributed by atoms with van der Waals surface area (Å²) in [5.74, 6) is 0. The molecule has 1 aliphatic rings. The van der Waals surface area contributed by atoms with Gasteiger partial charge in [-0.05, 0) is 46.4 Å². The van der Waals surface area contributed by atoms with Gasteiger partial charge in [-0.15, -0.1) is 0 Å². The van der Waals surface area contributed by atoms with Gasteiger partial charge in [0.25, 0.3) is 0 Å². The third-order valence-corrected chi connectivity index (χ3v) is 9.77. The first-order valence-corrected chi connectivity index (χ1v) is 11.3. The molecule has 2 nitrogen and oxygen atoms in total. The third kappa shape index (κ3) is 3.01. The molecule has 0 N–H and O–H groups in total. The minimum absolute atomic E-state index is 0.780. The summed E-state index contributed by atoms with van der Waals surface area (Å²) < 4.78 is 20.5. The van der Waals surface area contributed by atoms with Crippen LogP contribution in [0.2, 0.25) is 0 Å². The van der Waals surface area contributed by atoms with Gasteiger partial charge in [0.2, 0.25) is 0 Å². The molecule has 3 aromatic rings. The summed E-state index contributed by atoms with van der Waals surface area (Å²) in [6, 6.07) is 25.8. The van der Waals surface area contributed by atoms with Crippen molar-refractivity contribution in [3.63, 3.8) is 0 Å². The van der Waals surface area contributed by atoms with Crippen LogP contribution in [0.1, 0.15) is 11.1 Å². The molecule has 0 spiro atoms. The van der Waals surface area contributed by atoms with E-state index in [9.17, 15) is 4.55 Å². The van der Waals surface area contributed by atoms with Crippen LogP contribution in [0.3, 0.4) is 0 Å².